The number of nitrogens with two attached hydrogens (primary N) is 1. The number of carbonyl (C=O) groups is 1. The molecule has 1 aromatic carbocycles. The summed E-state index contributed by atoms with van der Waals surface area (Å²) in [5, 5.41) is 2.66. The average molecular weight is 293 g/mol. The van der Waals surface area contributed by atoms with Gasteiger partial charge in [-0.3, -0.25) is 4.79 Å². The van der Waals surface area contributed by atoms with Crippen LogP contribution in [-0.2, 0) is 4.79 Å². The summed E-state index contributed by atoms with van der Waals surface area (Å²) >= 11 is 0. The van der Waals surface area contributed by atoms with Gasteiger partial charge in [-0.05, 0) is 31.5 Å². The molecule has 19 heavy (non-hydrogen) atoms. The lowest BCUT2D eigenvalue weighted by Gasteiger charge is -2.18. The van der Waals surface area contributed by atoms with Gasteiger partial charge in [-0.15, -0.1) is 12.4 Å². The van der Waals surface area contributed by atoms with E-state index in [4.69, 9.17) is 5.73 Å². The summed E-state index contributed by atoms with van der Waals surface area (Å²) < 4.78 is 26.7. The van der Waals surface area contributed by atoms with Crippen LogP contribution in [-0.4, -0.2) is 11.9 Å². The Balaban J connectivity index is 0.00000324. The number of rotatable bonds is 5. The molecular formula is C13H19ClF2N2O. The molecule has 0 aromatic heterocycles. The maximum absolute atomic E-state index is 13.6. The predicted octanol–water partition coefficient (Wildman–Crippen LogP) is 2.69. The van der Waals surface area contributed by atoms with Gasteiger partial charge in [0.1, 0.15) is 11.6 Å². The fourth-order valence-electron chi connectivity index (χ4n) is 1.73. The zero-order valence-corrected chi connectivity index (χ0v) is 11.8. The van der Waals surface area contributed by atoms with Gasteiger partial charge in [0.2, 0.25) is 5.91 Å². The zero-order chi connectivity index (χ0) is 13.7. The molecule has 0 heterocycles. The molecule has 1 aromatic rings. The summed E-state index contributed by atoms with van der Waals surface area (Å²) in [7, 11) is 0. The van der Waals surface area contributed by atoms with Crippen LogP contribution in [0.3, 0.4) is 0 Å². The van der Waals surface area contributed by atoms with E-state index in [9.17, 15) is 13.6 Å². The molecule has 6 heteroatoms. The molecule has 0 aliphatic carbocycles. The molecule has 2 unspecified atom stereocenters. The molecule has 0 spiro atoms. The molecule has 0 aliphatic rings. The Morgan fingerprint density at radius 1 is 1.42 bits per heavy atom. The Labute approximate surface area is 118 Å². The summed E-state index contributed by atoms with van der Waals surface area (Å²) in [6, 6.07) is 2.42. The summed E-state index contributed by atoms with van der Waals surface area (Å²) in [6.45, 7) is 3.50. The van der Waals surface area contributed by atoms with Crippen LogP contribution in [0.15, 0.2) is 18.2 Å². The van der Waals surface area contributed by atoms with Crippen LogP contribution in [0.4, 0.5) is 8.78 Å². The van der Waals surface area contributed by atoms with Crippen LogP contribution < -0.4 is 11.1 Å². The third kappa shape index (κ3) is 5.53. The number of hydrogen-bond donors (Lipinski definition) is 2. The number of carbonyl (C=O) groups excluding carboxylic acids is 1. The van der Waals surface area contributed by atoms with Crippen molar-refractivity contribution in [2.75, 3.05) is 0 Å². The number of halogens is 3. The average Bonchev–Trinajstić information content (AvgIpc) is 2.28. The second-order valence-electron chi connectivity index (χ2n) is 4.38. The smallest absolute Gasteiger partial charge is 0.222 e. The predicted molar refractivity (Wildman–Crippen MR) is 73.0 cm³/mol. The third-order valence-electron chi connectivity index (χ3n) is 2.58. The number of benzene rings is 1. The second kappa shape index (κ2) is 8.07. The van der Waals surface area contributed by atoms with Gasteiger partial charge >= 0.3 is 0 Å². The van der Waals surface area contributed by atoms with E-state index in [1.165, 1.54) is 0 Å². The largest absolute Gasteiger partial charge is 0.349 e. The molecular weight excluding hydrogens is 274 g/mol. The van der Waals surface area contributed by atoms with E-state index in [2.05, 4.69) is 5.32 Å². The van der Waals surface area contributed by atoms with Crippen molar-refractivity contribution in [2.24, 2.45) is 5.73 Å². The van der Waals surface area contributed by atoms with Crippen molar-refractivity contribution >= 4 is 18.3 Å². The molecule has 2 atom stereocenters. The Bertz CT molecular complexity index is 427. The second-order valence-corrected chi connectivity index (χ2v) is 4.38. The van der Waals surface area contributed by atoms with E-state index in [0.29, 0.717) is 6.42 Å². The lowest BCUT2D eigenvalue weighted by molar-refractivity contribution is -0.122. The van der Waals surface area contributed by atoms with Crippen LogP contribution in [0, 0.1) is 11.6 Å². The molecule has 3 N–H and O–H groups in total. The normalized spacial score (nSPS) is 13.3. The molecule has 0 saturated heterocycles. The van der Waals surface area contributed by atoms with Crippen LogP contribution >= 0.6 is 12.4 Å². The third-order valence-corrected chi connectivity index (χ3v) is 2.58. The molecule has 1 rings (SSSR count). The topological polar surface area (TPSA) is 55.1 Å². The zero-order valence-electron chi connectivity index (χ0n) is 11.0. The van der Waals surface area contributed by atoms with Crippen molar-refractivity contribution in [2.45, 2.75) is 38.8 Å². The lowest BCUT2D eigenvalue weighted by Crippen LogP contribution is -2.33. The quantitative estimate of drug-likeness (QED) is 0.877. The maximum Gasteiger partial charge on any atom is 0.222 e. The SMILES string of the molecule is CCC(NC(=O)CC(C)N)c1cc(F)ccc1F.Cl. The van der Waals surface area contributed by atoms with Gasteiger partial charge in [0, 0.05) is 18.0 Å². The Morgan fingerprint density at radius 2 is 2.05 bits per heavy atom. The Kier molecular flexibility index (Phi) is 7.56. The van der Waals surface area contributed by atoms with Crippen LogP contribution in [0.1, 0.15) is 38.3 Å². The number of hydrogen-bond acceptors (Lipinski definition) is 2. The van der Waals surface area contributed by atoms with Crippen molar-refractivity contribution < 1.29 is 13.6 Å². The minimum absolute atomic E-state index is 0. The van der Waals surface area contributed by atoms with Crippen LogP contribution in [0.2, 0.25) is 0 Å². The van der Waals surface area contributed by atoms with Crippen molar-refractivity contribution in [1.29, 1.82) is 0 Å². The van der Waals surface area contributed by atoms with Crippen molar-refractivity contribution in [3.05, 3.63) is 35.4 Å². The van der Waals surface area contributed by atoms with E-state index in [1.807, 2.05) is 0 Å². The van der Waals surface area contributed by atoms with E-state index in [1.54, 1.807) is 13.8 Å². The lowest BCUT2D eigenvalue weighted by atomic mass is 10.0. The highest BCUT2D eigenvalue weighted by Gasteiger charge is 2.17. The van der Waals surface area contributed by atoms with Crippen LogP contribution in [0.25, 0.3) is 0 Å². The highest BCUT2D eigenvalue weighted by Crippen LogP contribution is 2.21. The summed E-state index contributed by atoms with van der Waals surface area (Å²) in [4.78, 5) is 11.6. The first-order valence-corrected chi connectivity index (χ1v) is 5.94. The fourth-order valence-corrected chi connectivity index (χ4v) is 1.73. The molecule has 0 radical (unpaired) electrons. The highest BCUT2D eigenvalue weighted by molar-refractivity contribution is 5.85. The Morgan fingerprint density at radius 3 is 2.58 bits per heavy atom. The fraction of sp³-hybridized carbons (Fsp3) is 0.462. The molecule has 0 bridgehead atoms. The number of nitrogens with one attached hydrogen (secondary N) is 1. The van der Waals surface area contributed by atoms with Gasteiger partial charge in [0.05, 0.1) is 6.04 Å². The van der Waals surface area contributed by atoms with Gasteiger partial charge in [0.15, 0.2) is 0 Å². The first kappa shape index (κ1) is 17.8. The van der Waals surface area contributed by atoms with Gasteiger partial charge in [0.25, 0.3) is 0 Å². The molecule has 0 saturated carbocycles. The highest BCUT2D eigenvalue weighted by atomic mass is 35.5. The van der Waals surface area contributed by atoms with Crippen molar-refractivity contribution in [1.82, 2.24) is 5.32 Å². The summed E-state index contributed by atoms with van der Waals surface area (Å²) in [5.74, 6) is -1.31. The monoisotopic (exact) mass is 292 g/mol. The van der Waals surface area contributed by atoms with Crippen LogP contribution in [0.5, 0.6) is 0 Å². The summed E-state index contributed by atoms with van der Waals surface area (Å²) in [5.41, 5.74) is 5.67. The van der Waals surface area contributed by atoms with E-state index < -0.39 is 17.7 Å². The van der Waals surface area contributed by atoms with E-state index in [0.717, 1.165) is 18.2 Å². The van der Waals surface area contributed by atoms with Gasteiger partial charge < -0.3 is 11.1 Å². The van der Waals surface area contributed by atoms with E-state index in [-0.39, 0.29) is 36.3 Å². The first-order valence-electron chi connectivity index (χ1n) is 5.94. The van der Waals surface area contributed by atoms with Gasteiger partial charge in [-0.2, -0.15) is 0 Å². The van der Waals surface area contributed by atoms with Crippen molar-refractivity contribution in [3.63, 3.8) is 0 Å². The summed E-state index contributed by atoms with van der Waals surface area (Å²) in [6.07, 6.45) is 0.637. The minimum Gasteiger partial charge on any atom is -0.349 e. The molecule has 0 aliphatic heterocycles. The minimum atomic E-state index is -0.535. The van der Waals surface area contributed by atoms with Gasteiger partial charge in [-0.25, -0.2) is 8.78 Å². The molecule has 108 valence electrons. The maximum atomic E-state index is 13.6. The molecule has 1 amide bonds. The molecule has 3 nitrogen and oxygen atoms in total. The first-order chi connectivity index (χ1) is 8.43. The van der Waals surface area contributed by atoms with Crippen molar-refractivity contribution in [3.8, 4) is 0 Å². The van der Waals surface area contributed by atoms with Gasteiger partial charge in [-0.1, -0.05) is 6.92 Å². The number of amides is 1. The standard InChI is InChI=1S/C13H18F2N2O.ClH/c1-3-12(17-13(18)6-8(2)16)10-7-9(14)4-5-11(10)15;/h4-5,7-8,12H,3,6,16H2,1-2H3,(H,17,18);1H. The molecule has 0 fully saturated rings. The Hall–Kier alpha value is -1.20. The van der Waals surface area contributed by atoms with E-state index >= 15 is 0 Å².